The first-order valence-corrected chi connectivity index (χ1v) is 5.57. The molecule has 0 fully saturated rings. The fourth-order valence-electron chi connectivity index (χ4n) is 1.47. The van der Waals surface area contributed by atoms with Crippen molar-refractivity contribution in [3.63, 3.8) is 0 Å². The number of aliphatic hydroxyl groups excluding tert-OH is 1. The van der Waals surface area contributed by atoms with E-state index in [4.69, 9.17) is 0 Å². The zero-order valence-corrected chi connectivity index (χ0v) is 9.77. The quantitative estimate of drug-likeness (QED) is 0.777. The van der Waals surface area contributed by atoms with Crippen LogP contribution in [-0.2, 0) is 0 Å². The van der Waals surface area contributed by atoms with Crippen LogP contribution in [0.3, 0.4) is 0 Å². The summed E-state index contributed by atoms with van der Waals surface area (Å²) in [6.45, 7) is 7.27. The summed E-state index contributed by atoms with van der Waals surface area (Å²) in [6, 6.07) is 9.87. The van der Waals surface area contributed by atoms with Gasteiger partial charge in [-0.25, -0.2) is 0 Å². The lowest BCUT2D eigenvalue weighted by Crippen LogP contribution is -2.34. The molecule has 0 amide bonds. The second-order valence-corrected chi connectivity index (χ2v) is 4.45. The summed E-state index contributed by atoms with van der Waals surface area (Å²) in [5.74, 6) is 0.607. The molecule has 2 unspecified atom stereocenters. The van der Waals surface area contributed by atoms with Gasteiger partial charge < -0.3 is 10.4 Å². The highest BCUT2D eigenvalue weighted by atomic mass is 16.3. The third-order valence-corrected chi connectivity index (χ3v) is 2.46. The Morgan fingerprint density at radius 1 is 1.13 bits per heavy atom. The molecule has 1 rings (SSSR count). The van der Waals surface area contributed by atoms with Gasteiger partial charge in [0.15, 0.2) is 0 Å². The monoisotopic (exact) mass is 207 g/mol. The van der Waals surface area contributed by atoms with Crippen LogP contribution >= 0.6 is 0 Å². The molecule has 0 saturated heterocycles. The van der Waals surface area contributed by atoms with E-state index in [0.29, 0.717) is 5.92 Å². The minimum absolute atomic E-state index is 0.0924. The van der Waals surface area contributed by atoms with Crippen molar-refractivity contribution in [2.45, 2.75) is 32.9 Å². The molecule has 0 aliphatic rings. The van der Waals surface area contributed by atoms with E-state index in [2.05, 4.69) is 19.2 Å². The van der Waals surface area contributed by atoms with Crippen LogP contribution in [0.4, 0.5) is 0 Å². The molecule has 2 nitrogen and oxygen atoms in total. The summed E-state index contributed by atoms with van der Waals surface area (Å²) >= 11 is 0. The summed E-state index contributed by atoms with van der Waals surface area (Å²) < 4.78 is 0. The summed E-state index contributed by atoms with van der Waals surface area (Å²) in [6.07, 6.45) is -0.426. The molecule has 0 saturated carbocycles. The third kappa shape index (κ3) is 4.02. The Morgan fingerprint density at radius 3 is 2.27 bits per heavy atom. The fraction of sp³-hybridized carbons (Fsp3) is 0.538. The van der Waals surface area contributed by atoms with Gasteiger partial charge in [0, 0.05) is 6.04 Å². The van der Waals surface area contributed by atoms with Crippen molar-refractivity contribution in [2.75, 3.05) is 6.54 Å². The molecule has 0 heterocycles. The number of hydrogen-bond donors (Lipinski definition) is 2. The van der Waals surface area contributed by atoms with Crippen molar-refractivity contribution in [1.82, 2.24) is 5.32 Å². The van der Waals surface area contributed by atoms with Gasteiger partial charge in [0.1, 0.15) is 0 Å². The van der Waals surface area contributed by atoms with Crippen LogP contribution in [0.5, 0.6) is 0 Å². The average molecular weight is 207 g/mol. The Balaban J connectivity index is 2.49. The fourth-order valence-corrected chi connectivity index (χ4v) is 1.47. The Bertz CT molecular complexity index is 271. The van der Waals surface area contributed by atoms with Gasteiger partial charge in [0.05, 0.1) is 6.10 Å². The highest BCUT2D eigenvalue weighted by Gasteiger charge is 2.15. The van der Waals surface area contributed by atoms with Crippen molar-refractivity contribution < 1.29 is 5.11 Å². The first-order valence-electron chi connectivity index (χ1n) is 5.57. The molecule has 0 aromatic heterocycles. The smallest absolute Gasteiger partial charge is 0.0940 e. The maximum absolute atomic E-state index is 10.0. The van der Waals surface area contributed by atoms with Crippen LogP contribution in [0.2, 0.25) is 0 Å². The lowest BCUT2D eigenvalue weighted by molar-refractivity contribution is 0.134. The van der Waals surface area contributed by atoms with Gasteiger partial charge in [0.25, 0.3) is 0 Å². The Hall–Kier alpha value is -0.860. The molecular weight excluding hydrogens is 186 g/mol. The maximum atomic E-state index is 10.0. The minimum atomic E-state index is -0.426. The first-order chi connectivity index (χ1) is 7.11. The highest BCUT2D eigenvalue weighted by Crippen LogP contribution is 2.15. The van der Waals surface area contributed by atoms with Crippen molar-refractivity contribution in [3.05, 3.63) is 35.9 Å². The first kappa shape index (κ1) is 12.2. The SMILES string of the molecule is CC(C)CNC(C)C(O)c1ccccc1. The number of benzene rings is 1. The van der Waals surface area contributed by atoms with Crippen LogP contribution < -0.4 is 5.32 Å². The molecule has 84 valence electrons. The summed E-state index contributed by atoms with van der Waals surface area (Å²) in [7, 11) is 0. The zero-order valence-electron chi connectivity index (χ0n) is 9.77. The number of rotatable bonds is 5. The molecule has 0 aliphatic carbocycles. The van der Waals surface area contributed by atoms with Crippen molar-refractivity contribution >= 4 is 0 Å². The van der Waals surface area contributed by atoms with E-state index >= 15 is 0 Å². The molecule has 0 radical (unpaired) electrons. The number of hydrogen-bond acceptors (Lipinski definition) is 2. The molecule has 2 atom stereocenters. The second kappa shape index (κ2) is 5.89. The van der Waals surface area contributed by atoms with Gasteiger partial charge in [-0.1, -0.05) is 44.2 Å². The normalized spacial score (nSPS) is 15.3. The molecular formula is C13H21NO. The number of aliphatic hydroxyl groups is 1. The van der Waals surface area contributed by atoms with Crippen molar-refractivity contribution in [1.29, 1.82) is 0 Å². The van der Waals surface area contributed by atoms with Gasteiger partial charge in [-0.15, -0.1) is 0 Å². The van der Waals surface area contributed by atoms with Crippen LogP contribution in [0, 0.1) is 5.92 Å². The average Bonchev–Trinajstić information content (AvgIpc) is 2.26. The molecule has 0 spiro atoms. The van der Waals surface area contributed by atoms with Crippen molar-refractivity contribution in [3.8, 4) is 0 Å². The second-order valence-electron chi connectivity index (χ2n) is 4.45. The zero-order chi connectivity index (χ0) is 11.3. The van der Waals surface area contributed by atoms with E-state index in [1.54, 1.807) is 0 Å². The predicted octanol–water partition coefficient (Wildman–Crippen LogP) is 2.35. The highest BCUT2D eigenvalue weighted by molar-refractivity contribution is 5.18. The Morgan fingerprint density at radius 2 is 1.73 bits per heavy atom. The van der Waals surface area contributed by atoms with E-state index in [9.17, 15) is 5.11 Å². The molecule has 1 aromatic rings. The molecule has 2 N–H and O–H groups in total. The van der Waals surface area contributed by atoms with E-state index in [-0.39, 0.29) is 6.04 Å². The lowest BCUT2D eigenvalue weighted by atomic mass is 10.0. The molecule has 2 heteroatoms. The molecule has 0 aliphatic heterocycles. The van der Waals surface area contributed by atoms with Gasteiger partial charge in [-0.2, -0.15) is 0 Å². The maximum Gasteiger partial charge on any atom is 0.0940 e. The van der Waals surface area contributed by atoms with Crippen LogP contribution in [0.15, 0.2) is 30.3 Å². The van der Waals surface area contributed by atoms with E-state index < -0.39 is 6.10 Å². The largest absolute Gasteiger partial charge is 0.387 e. The van der Waals surface area contributed by atoms with Crippen LogP contribution in [0.1, 0.15) is 32.4 Å². The lowest BCUT2D eigenvalue weighted by Gasteiger charge is -2.21. The standard InChI is InChI=1S/C13H21NO/c1-10(2)9-14-11(3)13(15)12-7-5-4-6-8-12/h4-8,10-11,13-15H,9H2,1-3H3. The Labute approximate surface area is 92.3 Å². The molecule has 0 bridgehead atoms. The summed E-state index contributed by atoms with van der Waals surface area (Å²) in [5.41, 5.74) is 0.973. The Kier molecular flexibility index (Phi) is 4.79. The topological polar surface area (TPSA) is 32.3 Å². The summed E-state index contributed by atoms with van der Waals surface area (Å²) in [5, 5.41) is 13.4. The summed E-state index contributed by atoms with van der Waals surface area (Å²) in [4.78, 5) is 0. The van der Waals surface area contributed by atoms with Crippen molar-refractivity contribution in [2.24, 2.45) is 5.92 Å². The molecule has 15 heavy (non-hydrogen) atoms. The van der Waals surface area contributed by atoms with E-state index in [1.165, 1.54) is 0 Å². The number of nitrogens with one attached hydrogen (secondary N) is 1. The minimum Gasteiger partial charge on any atom is -0.387 e. The predicted molar refractivity (Wildman–Crippen MR) is 63.7 cm³/mol. The third-order valence-electron chi connectivity index (χ3n) is 2.46. The van der Waals surface area contributed by atoms with Crippen LogP contribution in [-0.4, -0.2) is 17.7 Å². The van der Waals surface area contributed by atoms with Crippen LogP contribution in [0.25, 0.3) is 0 Å². The molecule has 1 aromatic carbocycles. The van der Waals surface area contributed by atoms with E-state index in [1.807, 2.05) is 37.3 Å². The van der Waals surface area contributed by atoms with Gasteiger partial charge >= 0.3 is 0 Å². The van der Waals surface area contributed by atoms with Gasteiger partial charge in [-0.05, 0) is 24.9 Å². The van der Waals surface area contributed by atoms with Gasteiger partial charge in [-0.3, -0.25) is 0 Å². The van der Waals surface area contributed by atoms with E-state index in [0.717, 1.165) is 12.1 Å². The van der Waals surface area contributed by atoms with Gasteiger partial charge in [0.2, 0.25) is 0 Å².